The van der Waals surface area contributed by atoms with Gasteiger partial charge >= 0.3 is 0 Å². The first-order valence-corrected chi connectivity index (χ1v) is 7.37. The van der Waals surface area contributed by atoms with Crippen LogP contribution in [-0.2, 0) is 5.75 Å². The molecule has 0 aliphatic carbocycles. The lowest BCUT2D eigenvalue weighted by Crippen LogP contribution is -1.93. The zero-order valence-electron chi connectivity index (χ0n) is 10.9. The third-order valence-corrected chi connectivity index (χ3v) is 4.07. The summed E-state index contributed by atoms with van der Waals surface area (Å²) in [5, 5.41) is 4.22. The molecule has 3 rings (SSSR count). The summed E-state index contributed by atoms with van der Waals surface area (Å²) in [4.78, 5) is 1.23. The minimum Gasteiger partial charge on any atom is -0.399 e. The van der Waals surface area contributed by atoms with Gasteiger partial charge in [0.05, 0.1) is 5.69 Å². The molecule has 0 amide bonds. The van der Waals surface area contributed by atoms with Crippen molar-refractivity contribution in [3.63, 3.8) is 0 Å². The van der Waals surface area contributed by atoms with Crippen LogP contribution in [0.2, 0.25) is 0 Å². The average Bonchev–Trinajstić information content (AvgIpc) is 3.01. The number of rotatable bonds is 4. The van der Waals surface area contributed by atoms with E-state index in [1.807, 2.05) is 40.8 Å². The van der Waals surface area contributed by atoms with Crippen molar-refractivity contribution < 1.29 is 0 Å². The smallest absolute Gasteiger partial charge is 0.0645 e. The molecule has 0 spiro atoms. The molecule has 2 aromatic carbocycles. The highest BCUT2D eigenvalue weighted by Crippen LogP contribution is 2.24. The number of aromatic nitrogens is 2. The van der Waals surface area contributed by atoms with E-state index in [4.69, 9.17) is 5.73 Å². The van der Waals surface area contributed by atoms with Crippen molar-refractivity contribution in [2.75, 3.05) is 5.73 Å². The first-order chi connectivity index (χ1) is 9.81. The Labute approximate surface area is 122 Å². The highest BCUT2D eigenvalue weighted by molar-refractivity contribution is 7.98. The van der Waals surface area contributed by atoms with Gasteiger partial charge in [0.25, 0.3) is 0 Å². The Kier molecular flexibility index (Phi) is 3.74. The van der Waals surface area contributed by atoms with Gasteiger partial charge in [-0.3, -0.25) is 0 Å². The van der Waals surface area contributed by atoms with Crippen LogP contribution in [0.3, 0.4) is 0 Å². The molecule has 3 aromatic rings. The number of benzene rings is 2. The van der Waals surface area contributed by atoms with Crippen LogP contribution >= 0.6 is 11.8 Å². The summed E-state index contributed by atoms with van der Waals surface area (Å²) in [6.45, 7) is 0. The van der Waals surface area contributed by atoms with Gasteiger partial charge in [0, 0.05) is 28.7 Å². The molecule has 0 bridgehead atoms. The third-order valence-electron chi connectivity index (χ3n) is 2.99. The summed E-state index contributed by atoms with van der Waals surface area (Å²) in [5.41, 5.74) is 8.86. The Morgan fingerprint density at radius 1 is 1.00 bits per heavy atom. The Morgan fingerprint density at radius 2 is 1.75 bits per heavy atom. The minimum atomic E-state index is 0.804. The summed E-state index contributed by atoms with van der Waals surface area (Å²) in [7, 11) is 0. The van der Waals surface area contributed by atoms with E-state index in [1.54, 1.807) is 6.20 Å². The zero-order chi connectivity index (χ0) is 13.8. The number of nitrogens with two attached hydrogens (primary N) is 1. The molecule has 2 N–H and O–H groups in total. The SMILES string of the molecule is Nc1ccc(SCc2ccc(-n3cccn3)cc2)cc1. The van der Waals surface area contributed by atoms with Crippen molar-refractivity contribution in [3.05, 3.63) is 72.6 Å². The molecule has 0 atom stereocenters. The lowest BCUT2D eigenvalue weighted by atomic mass is 10.2. The van der Waals surface area contributed by atoms with E-state index in [-0.39, 0.29) is 0 Å². The molecule has 0 saturated heterocycles. The molecule has 0 aliphatic heterocycles. The van der Waals surface area contributed by atoms with E-state index in [0.717, 1.165) is 17.1 Å². The van der Waals surface area contributed by atoms with Gasteiger partial charge in [0.1, 0.15) is 0 Å². The van der Waals surface area contributed by atoms with Crippen LogP contribution in [0, 0.1) is 0 Å². The van der Waals surface area contributed by atoms with Crippen LogP contribution < -0.4 is 5.73 Å². The number of hydrogen-bond acceptors (Lipinski definition) is 3. The highest BCUT2D eigenvalue weighted by atomic mass is 32.2. The number of nitrogen functional groups attached to an aromatic ring is 1. The Hall–Kier alpha value is -2.20. The maximum atomic E-state index is 5.68. The van der Waals surface area contributed by atoms with Crippen LogP contribution in [0.15, 0.2) is 71.9 Å². The molecule has 20 heavy (non-hydrogen) atoms. The van der Waals surface area contributed by atoms with Gasteiger partial charge in [-0.15, -0.1) is 11.8 Å². The van der Waals surface area contributed by atoms with Crippen molar-refractivity contribution in [1.29, 1.82) is 0 Å². The average molecular weight is 281 g/mol. The van der Waals surface area contributed by atoms with Gasteiger partial charge in [0.15, 0.2) is 0 Å². The Balaban J connectivity index is 1.65. The molecule has 0 radical (unpaired) electrons. The van der Waals surface area contributed by atoms with Gasteiger partial charge in [-0.05, 0) is 48.0 Å². The summed E-state index contributed by atoms with van der Waals surface area (Å²) in [5.74, 6) is 0.948. The predicted octanol–water partition coefficient (Wildman–Crippen LogP) is 3.75. The van der Waals surface area contributed by atoms with Crippen LogP contribution in [0.5, 0.6) is 0 Å². The molecular formula is C16H15N3S. The standard InChI is InChI=1S/C16H15N3S/c17-14-4-8-16(9-5-14)20-12-13-2-6-15(7-3-13)19-11-1-10-18-19/h1-11H,12,17H2. The highest BCUT2D eigenvalue weighted by Gasteiger charge is 1.99. The van der Waals surface area contributed by atoms with Crippen LogP contribution in [0.25, 0.3) is 5.69 Å². The first kappa shape index (κ1) is 12.8. The van der Waals surface area contributed by atoms with Crippen molar-refractivity contribution in [3.8, 4) is 5.69 Å². The molecule has 100 valence electrons. The van der Waals surface area contributed by atoms with E-state index >= 15 is 0 Å². The number of hydrogen-bond donors (Lipinski definition) is 1. The molecule has 0 fully saturated rings. The van der Waals surface area contributed by atoms with Crippen LogP contribution in [-0.4, -0.2) is 9.78 Å². The van der Waals surface area contributed by atoms with Crippen LogP contribution in [0.1, 0.15) is 5.56 Å². The van der Waals surface area contributed by atoms with Gasteiger partial charge in [-0.1, -0.05) is 12.1 Å². The third kappa shape index (κ3) is 3.03. The molecule has 3 nitrogen and oxygen atoms in total. The summed E-state index contributed by atoms with van der Waals surface area (Å²) in [6, 6.07) is 18.4. The quantitative estimate of drug-likeness (QED) is 0.585. The van der Waals surface area contributed by atoms with Gasteiger partial charge < -0.3 is 5.73 Å². The molecule has 0 unspecified atom stereocenters. The lowest BCUT2D eigenvalue weighted by Gasteiger charge is -2.05. The number of anilines is 1. The topological polar surface area (TPSA) is 43.8 Å². The van der Waals surface area contributed by atoms with Crippen LogP contribution in [0.4, 0.5) is 5.69 Å². The fraction of sp³-hybridized carbons (Fsp3) is 0.0625. The van der Waals surface area contributed by atoms with Crippen molar-refractivity contribution in [2.45, 2.75) is 10.6 Å². The normalized spacial score (nSPS) is 10.6. The maximum absolute atomic E-state index is 5.68. The minimum absolute atomic E-state index is 0.804. The van der Waals surface area contributed by atoms with Gasteiger partial charge in [0.2, 0.25) is 0 Å². The lowest BCUT2D eigenvalue weighted by molar-refractivity contribution is 0.880. The van der Waals surface area contributed by atoms with Crippen molar-refractivity contribution in [1.82, 2.24) is 9.78 Å². The Bertz CT molecular complexity index is 658. The van der Waals surface area contributed by atoms with Crippen molar-refractivity contribution in [2.24, 2.45) is 0 Å². The largest absolute Gasteiger partial charge is 0.399 e. The second-order valence-electron chi connectivity index (χ2n) is 4.47. The molecule has 0 aliphatic rings. The summed E-state index contributed by atoms with van der Waals surface area (Å²) < 4.78 is 1.86. The second-order valence-corrected chi connectivity index (χ2v) is 5.52. The summed E-state index contributed by atoms with van der Waals surface area (Å²) in [6.07, 6.45) is 3.73. The molecular weight excluding hydrogens is 266 g/mol. The number of nitrogens with zero attached hydrogens (tertiary/aromatic N) is 2. The van der Waals surface area contributed by atoms with Gasteiger partial charge in [-0.2, -0.15) is 5.10 Å². The zero-order valence-corrected chi connectivity index (χ0v) is 11.8. The second kappa shape index (κ2) is 5.84. The van der Waals surface area contributed by atoms with Gasteiger partial charge in [-0.25, -0.2) is 4.68 Å². The Morgan fingerprint density at radius 3 is 2.40 bits per heavy atom. The first-order valence-electron chi connectivity index (χ1n) is 6.38. The molecule has 0 saturated carbocycles. The molecule has 4 heteroatoms. The molecule has 1 heterocycles. The summed E-state index contributed by atoms with van der Waals surface area (Å²) >= 11 is 1.81. The van der Waals surface area contributed by atoms with E-state index in [0.29, 0.717) is 0 Å². The van der Waals surface area contributed by atoms with E-state index in [1.165, 1.54) is 10.5 Å². The fourth-order valence-electron chi connectivity index (χ4n) is 1.90. The van der Waals surface area contributed by atoms with E-state index in [2.05, 4.69) is 41.5 Å². The fourth-order valence-corrected chi connectivity index (χ4v) is 2.75. The van der Waals surface area contributed by atoms with Crippen molar-refractivity contribution >= 4 is 17.4 Å². The van der Waals surface area contributed by atoms with E-state index < -0.39 is 0 Å². The van der Waals surface area contributed by atoms with E-state index in [9.17, 15) is 0 Å². The maximum Gasteiger partial charge on any atom is 0.0645 e. The number of thioether (sulfide) groups is 1. The molecule has 1 aromatic heterocycles. The predicted molar refractivity (Wildman–Crippen MR) is 84.0 cm³/mol. The monoisotopic (exact) mass is 281 g/mol.